The van der Waals surface area contributed by atoms with E-state index in [4.69, 9.17) is 19.0 Å². The molecule has 1 unspecified atom stereocenters. The summed E-state index contributed by atoms with van der Waals surface area (Å²) in [6.45, 7) is 2.74. The fraction of sp³-hybridized carbons (Fsp3) is 0.412. The summed E-state index contributed by atoms with van der Waals surface area (Å²) in [6, 6.07) is 11.7. The normalized spacial score (nSPS) is 12.3. The molecule has 1 atom stereocenters. The van der Waals surface area contributed by atoms with Crippen LogP contribution in [-0.2, 0) is 11.2 Å². The van der Waals surface area contributed by atoms with E-state index in [1.165, 1.54) is 0 Å². The molecule has 0 aliphatic heterocycles. The van der Waals surface area contributed by atoms with Gasteiger partial charge >= 0.3 is 0 Å². The summed E-state index contributed by atoms with van der Waals surface area (Å²) in [6.07, 6.45) is 1.22. The van der Waals surface area contributed by atoms with Gasteiger partial charge in [0.05, 0.1) is 7.11 Å². The number of furan rings is 1. The third-order valence-electron chi connectivity index (χ3n) is 3.27. The van der Waals surface area contributed by atoms with Gasteiger partial charge < -0.3 is 19.0 Å². The molecule has 0 aliphatic carbocycles. The van der Waals surface area contributed by atoms with Crippen molar-refractivity contribution in [1.82, 2.24) is 0 Å². The molecule has 0 saturated carbocycles. The Morgan fingerprint density at radius 2 is 1.90 bits per heavy atom. The number of benzene rings is 1. The first-order valence-electron chi connectivity index (χ1n) is 7.23. The zero-order valence-electron chi connectivity index (χ0n) is 12.5. The van der Waals surface area contributed by atoms with E-state index in [2.05, 4.69) is 0 Å². The van der Waals surface area contributed by atoms with Crippen LogP contribution < -0.4 is 4.74 Å². The summed E-state index contributed by atoms with van der Waals surface area (Å²) in [4.78, 5) is 0. The molecule has 0 radical (unpaired) electrons. The van der Waals surface area contributed by atoms with Gasteiger partial charge in [0.1, 0.15) is 23.4 Å². The van der Waals surface area contributed by atoms with Gasteiger partial charge in [-0.2, -0.15) is 0 Å². The molecule has 4 nitrogen and oxygen atoms in total. The van der Waals surface area contributed by atoms with E-state index in [0.717, 1.165) is 29.3 Å². The Balaban J connectivity index is 2.18. The van der Waals surface area contributed by atoms with Crippen molar-refractivity contribution in [2.45, 2.75) is 25.9 Å². The highest BCUT2D eigenvalue weighted by molar-refractivity contribution is 5.32. The van der Waals surface area contributed by atoms with E-state index in [0.29, 0.717) is 13.0 Å². The predicted molar refractivity (Wildman–Crippen MR) is 80.6 cm³/mol. The number of hydrogen-bond acceptors (Lipinski definition) is 4. The lowest BCUT2D eigenvalue weighted by molar-refractivity contribution is 0.0743. The van der Waals surface area contributed by atoms with Crippen molar-refractivity contribution in [1.29, 1.82) is 0 Å². The molecule has 0 fully saturated rings. The number of hydrogen-bond donors (Lipinski definition) is 1. The van der Waals surface area contributed by atoms with Gasteiger partial charge in [0, 0.05) is 19.6 Å². The van der Waals surface area contributed by atoms with Crippen LogP contribution in [-0.4, -0.2) is 25.4 Å². The maximum Gasteiger partial charge on any atom is 0.140 e. The van der Waals surface area contributed by atoms with Crippen LogP contribution >= 0.6 is 0 Å². The zero-order chi connectivity index (χ0) is 15.1. The molecule has 1 aromatic carbocycles. The van der Waals surface area contributed by atoms with Crippen molar-refractivity contribution in [3.63, 3.8) is 0 Å². The van der Waals surface area contributed by atoms with Gasteiger partial charge in [-0.25, -0.2) is 0 Å². The van der Waals surface area contributed by atoms with E-state index in [1.54, 1.807) is 7.11 Å². The Morgan fingerprint density at radius 3 is 2.52 bits per heavy atom. The van der Waals surface area contributed by atoms with Crippen LogP contribution in [0.2, 0.25) is 0 Å². The van der Waals surface area contributed by atoms with Crippen LogP contribution in [0, 0.1) is 0 Å². The molecule has 21 heavy (non-hydrogen) atoms. The van der Waals surface area contributed by atoms with Gasteiger partial charge in [0.25, 0.3) is 0 Å². The maximum atomic E-state index is 8.88. The van der Waals surface area contributed by atoms with E-state index in [1.807, 2.05) is 43.3 Å². The molecule has 0 aliphatic rings. The summed E-state index contributed by atoms with van der Waals surface area (Å²) in [5.74, 6) is 2.48. The molecule has 0 saturated heterocycles. The second-order valence-electron chi connectivity index (χ2n) is 4.74. The predicted octanol–water partition coefficient (Wildman–Crippen LogP) is 3.34. The van der Waals surface area contributed by atoms with E-state index in [9.17, 15) is 0 Å². The van der Waals surface area contributed by atoms with Crippen LogP contribution in [0.5, 0.6) is 5.75 Å². The lowest BCUT2D eigenvalue weighted by Crippen LogP contribution is -2.05. The van der Waals surface area contributed by atoms with Crippen LogP contribution in [0.3, 0.4) is 0 Å². The molecule has 0 spiro atoms. The molecule has 114 valence electrons. The lowest BCUT2D eigenvalue weighted by Gasteiger charge is -2.15. The summed E-state index contributed by atoms with van der Waals surface area (Å²) < 4.78 is 16.8. The molecule has 0 bridgehead atoms. The minimum Gasteiger partial charge on any atom is -0.497 e. The average Bonchev–Trinajstić information content (AvgIpc) is 2.99. The van der Waals surface area contributed by atoms with Gasteiger partial charge in [0.2, 0.25) is 0 Å². The average molecular weight is 290 g/mol. The Kier molecular flexibility index (Phi) is 5.84. The highest BCUT2D eigenvalue weighted by Gasteiger charge is 2.18. The standard InChI is InChI=1S/C17H22O4/c1-3-20-17(13-6-8-14(19-2)9-7-13)16-11-10-15(21-16)5-4-12-18/h6-11,17-18H,3-5,12H2,1-2H3. The monoisotopic (exact) mass is 290 g/mol. The summed E-state index contributed by atoms with van der Waals surface area (Å²) in [5.41, 5.74) is 1.03. The lowest BCUT2D eigenvalue weighted by atomic mass is 10.1. The van der Waals surface area contributed by atoms with E-state index < -0.39 is 0 Å². The van der Waals surface area contributed by atoms with Crippen LogP contribution in [0.4, 0.5) is 0 Å². The smallest absolute Gasteiger partial charge is 0.140 e. The molecular formula is C17H22O4. The number of rotatable bonds is 8. The molecule has 4 heteroatoms. The van der Waals surface area contributed by atoms with Gasteiger partial charge in [-0.3, -0.25) is 0 Å². The number of aliphatic hydroxyl groups is 1. The highest BCUT2D eigenvalue weighted by atomic mass is 16.5. The SMILES string of the molecule is CCOC(c1ccc(OC)cc1)c1ccc(CCCO)o1. The van der Waals surface area contributed by atoms with Gasteiger partial charge in [0.15, 0.2) is 0 Å². The first-order valence-corrected chi connectivity index (χ1v) is 7.23. The molecule has 1 N–H and O–H groups in total. The van der Waals surface area contributed by atoms with Crippen molar-refractivity contribution < 1.29 is 19.0 Å². The molecule has 1 aromatic heterocycles. The summed E-state index contributed by atoms with van der Waals surface area (Å²) in [5, 5.41) is 8.88. The second-order valence-corrected chi connectivity index (χ2v) is 4.74. The quantitative estimate of drug-likeness (QED) is 0.810. The number of methoxy groups -OCH3 is 1. The molecule has 1 heterocycles. The Bertz CT molecular complexity index is 530. The summed E-state index contributed by atoms with van der Waals surface area (Å²) in [7, 11) is 1.65. The number of aliphatic hydroxyl groups excluding tert-OH is 1. The summed E-state index contributed by atoms with van der Waals surface area (Å²) >= 11 is 0. The van der Waals surface area contributed by atoms with E-state index >= 15 is 0 Å². The Hall–Kier alpha value is -1.78. The molecule has 2 aromatic rings. The number of ether oxygens (including phenoxy) is 2. The van der Waals surface area contributed by atoms with Gasteiger partial charge in [-0.15, -0.1) is 0 Å². The number of aryl methyl sites for hydroxylation is 1. The van der Waals surface area contributed by atoms with Crippen LogP contribution in [0.15, 0.2) is 40.8 Å². The first-order chi connectivity index (χ1) is 10.3. The van der Waals surface area contributed by atoms with Crippen molar-refractivity contribution >= 4 is 0 Å². The molecular weight excluding hydrogens is 268 g/mol. The Morgan fingerprint density at radius 1 is 1.14 bits per heavy atom. The molecule has 0 amide bonds. The maximum absolute atomic E-state index is 8.88. The van der Waals surface area contributed by atoms with Gasteiger partial charge in [-0.1, -0.05) is 12.1 Å². The van der Waals surface area contributed by atoms with Crippen molar-refractivity contribution in [3.8, 4) is 5.75 Å². The third-order valence-corrected chi connectivity index (χ3v) is 3.27. The highest BCUT2D eigenvalue weighted by Crippen LogP contribution is 2.29. The fourth-order valence-electron chi connectivity index (χ4n) is 2.21. The third kappa shape index (κ3) is 4.09. The minimum atomic E-state index is -0.219. The fourth-order valence-corrected chi connectivity index (χ4v) is 2.21. The topological polar surface area (TPSA) is 51.8 Å². The van der Waals surface area contributed by atoms with Crippen molar-refractivity contribution in [2.24, 2.45) is 0 Å². The van der Waals surface area contributed by atoms with Crippen molar-refractivity contribution in [3.05, 3.63) is 53.5 Å². The minimum absolute atomic E-state index is 0.170. The first kappa shape index (κ1) is 15.6. The molecule has 2 rings (SSSR count). The largest absolute Gasteiger partial charge is 0.497 e. The van der Waals surface area contributed by atoms with E-state index in [-0.39, 0.29) is 12.7 Å². The zero-order valence-corrected chi connectivity index (χ0v) is 12.5. The Labute approximate surface area is 125 Å². The van der Waals surface area contributed by atoms with Crippen LogP contribution in [0.25, 0.3) is 0 Å². The van der Waals surface area contributed by atoms with Gasteiger partial charge in [-0.05, 0) is 43.2 Å². The van der Waals surface area contributed by atoms with Crippen LogP contribution in [0.1, 0.15) is 36.5 Å². The van der Waals surface area contributed by atoms with Crippen molar-refractivity contribution in [2.75, 3.05) is 20.3 Å². The second kappa shape index (κ2) is 7.86.